The van der Waals surface area contributed by atoms with E-state index < -0.39 is 0 Å². The van der Waals surface area contributed by atoms with E-state index in [2.05, 4.69) is 10.2 Å². The number of amides is 1. The molecular weight excluding hydrogens is 324 g/mol. The van der Waals surface area contributed by atoms with E-state index in [1.807, 2.05) is 6.07 Å². The quantitative estimate of drug-likeness (QED) is 0.895. The van der Waals surface area contributed by atoms with E-state index in [1.54, 1.807) is 30.3 Å². The minimum atomic E-state index is -0.0145. The van der Waals surface area contributed by atoms with Crippen molar-refractivity contribution in [3.05, 3.63) is 41.3 Å². The van der Waals surface area contributed by atoms with Crippen molar-refractivity contribution in [2.75, 3.05) is 19.6 Å². The van der Waals surface area contributed by atoms with Gasteiger partial charge in [0.05, 0.1) is 4.88 Å². The molecule has 3 aliphatic heterocycles. The number of hydrogen-bond acceptors (Lipinski definition) is 5. The van der Waals surface area contributed by atoms with Gasteiger partial charge in [-0.15, -0.1) is 0 Å². The third-order valence-corrected chi connectivity index (χ3v) is 5.79. The number of phenolic OH excluding ortho intramolecular Hbond substituents is 1. The van der Waals surface area contributed by atoms with Gasteiger partial charge >= 0.3 is 0 Å². The van der Waals surface area contributed by atoms with Crippen molar-refractivity contribution in [1.29, 1.82) is 0 Å². The van der Waals surface area contributed by atoms with Gasteiger partial charge in [-0.05, 0) is 68.2 Å². The molecule has 3 saturated heterocycles. The highest BCUT2D eigenvalue weighted by Gasteiger charge is 2.35. The number of nitrogens with one attached hydrogen (secondary N) is 1. The van der Waals surface area contributed by atoms with E-state index in [4.69, 9.17) is 4.74 Å². The summed E-state index contributed by atoms with van der Waals surface area (Å²) in [6, 6.07) is 10.4. The van der Waals surface area contributed by atoms with E-state index in [1.165, 1.54) is 37.3 Å². The summed E-state index contributed by atoms with van der Waals surface area (Å²) in [5.41, 5.74) is 0. The van der Waals surface area contributed by atoms with Crippen LogP contribution in [0.4, 0.5) is 0 Å². The zero-order chi connectivity index (χ0) is 16.5. The van der Waals surface area contributed by atoms with Gasteiger partial charge in [-0.2, -0.15) is 0 Å². The van der Waals surface area contributed by atoms with Gasteiger partial charge in [0.1, 0.15) is 11.5 Å². The summed E-state index contributed by atoms with van der Waals surface area (Å²) >= 11 is 1.34. The molecule has 4 heterocycles. The molecule has 126 valence electrons. The minimum Gasteiger partial charge on any atom is -0.508 e. The maximum atomic E-state index is 12.5. The van der Waals surface area contributed by atoms with Crippen LogP contribution in [0.25, 0.3) is 0 Å². The average molecular weight is 344 g/mol. The molecule has 2 bridgehead atoms. The van der Waals surface area contributed by atoms with Crippen LogP contribution in [-0.2, 0) is 0 Å². The Hall–Kier alpha value is -2.05. The SMILES string of the molecule is O=C(NC1CN2CCC1CC2)c1ccc(Oc2ccc(O)cc2)s1. The molecule has 3 fully saturated rings. The summed E-state index contributed by atoms with van der Waals surface area (Å²) in [5.74, 6) is 1.44. The number of benzene rings is 1. The Morgan fingerprint density at radius 3 is 2.58 bits per heavy atom. The average Bonchev–Trinajstić information content (AvgIpc) is 3.07. The van der Waals surface area contributed by atoms with E-state index in [9.17, 15) is 9.90 Å². The second-order valence-electron chi connectivity index (χ2n) is 6.43. The molecule has 0 saturated carbocycles. The largest absolute Gasteiger partial charge is 0.508 e. The fourth-order valence-corrected chi connectivity index (χ4v) is 4.27. The number of carbonyl (C=O) groups excluding carboxylic acids is 1. The van der Waals surface area contributed by atoms with Crippen LogP contribution in [0.2, 0.25) is 0 Å². The summed E-state index contributed by atoms with van der Waals surface area (Å²) in [7, 11) is 0. The molecule has 6 heteroatoms. The number of aromatic hydroxyl groups is 1. The molecule has 2 N–H and O–H groups in total. The van der Waals surface area contributed by atoms with Gasteiger partial charge < -0.3 is 20.1 Å². The fraction of sp³-hybridized carbons (Fsp3) is 0.389. The van der Waals surface area contributed by atoms with Crippen molar-refractivity contribution in [1.82, 2.24) is 10.2 Å². The number of thiophene rings is 1. The number of rotatable bonds is 4. The summed E-state index contributed by atoms with van der Waals surface area (Å²) in [4.78, 5) is 15.6. The molecule has 2 aromatic rings. The van der Waals surface area contributed by atoms with Gasteiger partial charge in [-0.25, -0.2) is 0 Å². The lowest BCUT2D eigenvalue weighted by atomic mass is 9.84. The smallest absolute Gasteiger partial charge is 0.261 e. The number of fused-ring (bicyclic) bond motifs is 3. The first-order chi connectivity index (χ1) is 11.7. The molecule has 24 heavy (non-hydrogen) atoms. The predicted molar refractivity (Wildman–Crippen MR) is 92.9 cm³/mol. The number of piperidine rings is 3. The van der Waals surface area contributed by atoms with Crippen molar-refractivity contribution >= 4 is 17.2 Å². The van der Waals surface area contributed by atoms with Gasteiger partial charge in [-0.1, -0.05) is 11.3 Å². The highest BCUT2D eigenvalue weighted by atomic mass is 32.1. The van der Waals surface area contributed by atoms with Crippen LogP contribution < -0.4 is 10.1 Å². The molecule has 1 aromatic heterocycles. The first-order valence-corrected chi connectivity index (χ1v) is 9.09. The first kappa shape index (κ1) is 15.5. The normalized spacial score (nSPS) is 25.4. The lowest BCUT2D eigenvalue weighted by Crippen LogP contribution is -2.57. The Balaban J connectivity index is 1.39. The second-order valence-corrected chi connectivity index (χ2v) is 7.48. The molecule has 0 spiro atoms. The Labute approximate surface area is 144 Å². The highest BCUT2D eigenvalue weighted by Crippen LogP contribution is 2.31. The number of phenols is 1. The molecule has 5 rings (SSSR count). The summed E-state index contributed by atoms with van der Waals surface area (Å²) in [5, 5.41) is 13.1. The molecule has 5 nitrogen and oxygen atoms in total. The molecule has 0 radical (unpaired) electrons. The van der Waals surface area contributed by atoms with E-state index >= 15 is 0 Å². The number of hydrogen-bond donors (Lipinski definition) is 2. The van der Waals surface area contributed by atoms with Crippen molar-refractivity contribution in [2.45, 2.75) is 18.9 Å². The maximum absolute atomic E-state index is 12.5. The third kappa shape index (κ3) is 3.25. The van der Waals surface area contributed by atoms with Gasteiger partial charge in [0.25, 0.3) is 5.91 Å². The molecule has 1 atom stereocenters. The third-order valence-electron chi connectivity index (χ3n) is 4.83. The second kappa shape index (κ2) is 6.45. The van der Waals surface area contributed by atoms with Crippen LogP contribution in [-0.4, -0.2) is 41.6 Å². The summed E-state index contributed by atoms with van der Waals surface area (Å²) in [6.07, 6.45) is 2.37. The molecule has 0 aliphatic carbocycles. The topological polar surface area (TPSA) is 61.8 Å². The Bertz CT molecular complexity index is 720. The Kier molecular flexibility index (Phi) is 4.16. The number of ether oxygens (including phenoxy) is 1. The van der Waals surface area contributed by atoms with E-state index in [-0.39, 0.29) is 17.7 Å². The van der Waals surface area contributed by atoms with Crippen LogP contribution >= 0.6 is 11.3 Å². The lowest BCUT2D eigenvalue weighted by Gasteiger charge is -2.44. The first-order valence-electron chi connectivity index (χ1n) is 8.27. The monoisotopic (exact) mass is 344 g/mol. The molecule has 1 amide bonds. The van der Waals surface area contributed by atoms with Crippen LogP contribution in [0.3, 0.4) is 0 Å². The molecule has 1 aromatic carbocycles. The van der Waals surface area contributed by atoms with E-state index in [0.29, 0.717) is 21.6 Å². The van der Waals surface area contributed by atoms with Crippen molar-refractivity contribution < 1.29 is 14.6 Å². The molecule has 1 unspecified atom stereocenters. The minimum absolute atomic E-state index is 0.0145. The number of carbonyl (C=O) groups is 1. The van der Waals surface area contributed by atoms with Crippen LogP contribution in [0.1, 0.15) is 22.5 Å². The van der Waals surface area contributed by atoms with Crippen LogP contribution in [0.15, 0.2) is 36.4 Å². The zero-order valence-electron chi connectivity index (χ0n) is 13.3. The van der Waals surface area contributed by atoms with Gasteiger partial charge in [-0.3, -0.25) is 4.79 Å². The van der Waals surface area contributed by atoms with Gasteiger partial charge in [0, 0.05) is 12.6 Å². The van der Waals surface area contributed by atoms with E-state index in [0.717, 1.165) is 6.54 Å². The fourth-order valence-electron chi connectivity index (χ4n) is 3.50. The van der Waals surface area contributed by atoms with Crippen molar-refractivity contribution in [2.24, 2.45) is 5.92 Å². The lowest BCUT2D eigenvalue weighted by molar-refractivity contribution is 0.0622. The molecule has 3 aliphatic rings. The number of nitrogens with zero attached hydrogens (tertiary/aromatic N) is 1. The summed E-state index contributed by atoms with van der Waals surface area (Å²) < 4.78 is 5.72. The van der Waals surface area contributed by atoms with Gasteiger partial charge in [0.15, 0.2) is 5.06 Å². The van der Waals surface area contributed by atoms with Crippen LogP contribution in [0, 0.1) is 5.92 Å². The predicted octanol–water partition coefficient (Wildman–Crippen LogP) is 3.07. The highest BCUT2D eigenvalue weighted by molar-refractivity contribution is 7.15. The van der Waals surface area contributed by atoms with Crippen molar-refractivity contribution in [3.8, 4) is 16.6 Å². The van der Waals surface area contributed by atoms with Gasteiger partial charge in [0.2, 0.25) is 0 Å². The standard InChI is InChI=1S/C18H20N2O3S/c21-13-1-3-14(4-2-13)23-17-6-5-16(24-17)18(22)19-15-11-20-9-7-12(15)8-10-20/h1-6,12,15,21H,7-11H2,(H,19,22). The van der Waals surface area contributed by atoms with Crippen LogP contribution in [0.5, 0.6) is 16.6 Å². The maximum Gasteiger partial charge on any atom is 0.261 e. The Morgan fingerprint density at radius 1 is 1.17 bits per heavy atom. The zero-order valence-corrected chi connectivity index (χ0v) is 14.1. The van der Waals surface area contributed by atoms with Crippen molar-refractivity contribution in [3.63, 3.8) is 0 Å². The summed E-state index contributed by atoms with van der Waals surface area (Å²) in [6.45, 7) is 3.31. The Morgan fingerprint density at radius 2 is 1.92 bits per heavy atom. The molecular formula is C18H20N2O3S.